The third-order valence-electron chi connectivity index (χ3n) is 6.73. The van der Waals surface area contributed by atoms with Gasteiger partial charge in [-0.05, 0) is 76.5 Å². The van der Waals surface area contributed by atoms with Crippen molar-refractivity contribution in [2.75, 3.05) is 20.6 Å². The molecule has 1 amide bonds. The molecule has 1 aromatic heterocycles. The first kappa shape index (κ1) is 24.1. The number of halogens is 2. The maximum Gasteiger partial charge on any atom is 0.251 e. The molecule has 0 aliphatic heterocycles. The van der Waals surface area contributed by atoms with E-state index in [-0.39, 0.29) is 24.1 Å². The number of rotatable bonds is 10. The Bertz CT molecular complexity index is 904. The summed E-state index contributed by atoms with van der Waals surface area (Å²) in [5, 5.41) is 12.4. The first-order valence-corrected chi connectivity index (χ1v) is 11.0. The van der Waals surface area contributed by atoms with E-state index in [0.717, 1.165) is 18.2 Å². The largest absolute Gasteiger partial charge is 0.508 e. The molecule has 5 nitrogen and oxygen atoms in total. The standard InChI is InChI=1S/C25H33F2N3O2/c1-17-5-8-19(15-28-17)22(25(11-12-25)24(2,26)27)14-23(32)29-16-20(30(3)4)13-18-6-9-21(31)10-7-18/h5-10,15,20,22,31H,11-14,16H2,1-4H3,(H,29,32)/t20-,22+/m0/s1. The molecule has 1 fully saturated rings. The molecule has 1 aliphatic rings. The monoisotopic (exact) mass is 445 g/mol. The smallest absolute Gasteiger partial charge is 0.251 e. The number of hydrogen-bond donors (Lipinski definition) is 2. The van der Waals surface area contributed by atoms with Crippen LogP contribution in [0.25, 0.3) is 0 Å². The highest BCUT2D eigenvalue weighted by Gasteiger charge is 2.63. The summed E-state index contributed by atoms with van der Waals surface area (Å²) < 4.78 is 29.1. The van der Waals surface area contributed by atoms with Gasteiger partial charge in [0, 0.05) is 42.2 Å². The zero-order valence-electron chi connectivity index (χ0n) is 19.2. The molecule has 2 atom stereocenters. The van der Waals surface area contributed by atoms with Crippen molar-refractivity contribution in [2.45, 2.75) is 57.4 Å². The molecule has 1 heterocycles. The van der Waals surface area contributed by atoms with Crippen LogP contribution in [0.15, 0.2) is 42.6 Å². The van der Waals surface area contributed by atoms with E-state index in [1.54, 1.807) is 18.3 Å². The number of carbonyl (C=O) groups excluding carboxylic acids is 1. The van der Waals surface area contributed by atoms with Crippen LogP contribution in [0.3, 0.4) is 0 Å². The predicted molar refractivity (Wildman–Crippen MR) is 121 cm³/mol. The van der Waals surface area contributed by atoms with Crippen molar-refractivity contribution in [1.82, 2.24) is 15.2 Å². The molecule has 0 saturated heterocycles. The Morgan fingerprint density at radius 2 is 1.88 bits per heavy atom. The van der Waals surface area contributed by atoms with Crippen molar-refractivity contribution < 1.29 is 18.7 Å². The summed E-state index contributed by atoms with van der Waals surface area (Å²) in [5.41, 5.74) is 1.36. The zero-order chi connectivity index (χ0) is 23.5. The molecule has 7 heteroatoms. The molecule has 3 rings (SSSR count). The number of nitrogens with one attached hydrogen (secondary N) is 1. The number of carbonyl (C=O) groups is 1. The summed E-state index contributed by atoms with van der Waals surface area (Å²) in [6.45, 7) is 3.22. The van der Waals surface area contributed by atoms with Crippen molar-refractivity contribution in [3.63, 3.8) is 0 Å². The summed E-state index contributed by atoms with van der Waals surface area (Å²) in [6, 6.07) is 10.7. The van der Waals surface area contributed by atoms with Gasteiger partial charge in [-0.25, -0.2) is 8.78 Å². The van der Waals surface area contributed by atoms with E-state index >= 15 is 0 Å². The molecular weight excluding hydrogens is 412 g/mol. The number of phenols is 1. The van der Waals surface area contributed by atoms with Gasteiger partial charge in [-0.3, -0.25) is 9.78 Å². The number of aryl methyl sites for hydroxylation is 1. The average molecular weight is 446 g/mol. The molecule has 2 aromatic rings. The molecule has 0 radical (unpaired) electrons. The maximum absolute atomic E-state index is 14.5. The highest BCUT2D eigenvalue weighted by atomic mass is 19.3. The van der Waals surface area contributed by atoms with E-state index in [0.29, 0.717) is 31.4 Å². The van der Waals surface area contributed by atoms with Gasteiger partial charge in [0.25, 0.3) is 5.92 Å². The Kier molecular flexibility index (Phi) is 7.18. The molecule has 1 aromatic carbocycles. The van der Waals surface area contributed by atoms with Crippen molar-refractivity contribution in [2.24, 2.45) is 5.41 Å². The molecule has 0 unspecified atom stereocenters. The second-order valence-corrected chi connectivity index (χ2v) is 9.33. The van der Waals surface area contributed by atoms with Crippen molar-refractivity contribution in [1.29, 1.82) is 0 Å². The summed E-state index contributed by atoms with van der Waals surface area (Å²) in [7, 11) is 3.88. The molecule has 0 spiro atoms. The topological polar surface area (TPSA) is 65.5 Å². The number of aromatic nitrogens is 1. The minimum Gasteiger partial charge on any atom is -0.508 e. The van der Waals surface area contributed by atoms with Gasteiger partial charge in [-0.15, -0.1) is 0 Å². The molecule has 1 saturated carbocycles. The zero-order valence-corrected chi connectivity index (χ0v) is 19.2. The summed E-state index contributed by atoms with van der Waals surface area (Å²) in [4.78, 5) is 19.2. The highest BCUT2D eigenvalue weighted by molar-refractivity contribution is 5.77. The lowest BCUT2D eigenvalue weighted by Crippen LogP contribution is -2.43. The molecule has 0 bridgehead atoms. The van der Waals surface area contributed by atoms with E-state index in [1.165, 1.54) is 0 Å². The Hall–Kier alpha value is -2.54. The first-order chi connectivity index (χ1) is 15.0. The number of aromatic hydroxyl groups is 1. The van der Waals surface area contributed by atoms with Crippen LogP contribution in [0.4, 0.5) is 8.78 Å². The fourth-order valence-electron chi connectivity index (χ4n) is 4.38. The number of benzene rings is 1. The lowest BCUT2D eigenvalue weighted by molar-refractivity contribution is -0.123. The van der Waals surface area contributed by atoms with Gasteiger partial charge in [0.05, 0.1) is 0 Å². The highest BCUT2D eigenvalue weighted by Crippen LogP contribution is 2.65. The minimum atomic E-state index is -2.87. The van der Waals surface area contributed by atoms with Gasteiger partial charge < -0.3 is 15.3 Å². The van der Waals surface area contributed by atoms with E-state index in [1.807, 2.05) is 50.2 Å². The van der Waals surface area contributed by atoms with E-state index in [2.05, 4.69) is 10.3 Å². The summed E-state index contributed by atoms with van der Waals surface area (Å²) in [6.07, 6.45) is 3.14. The van der Waals surface area contributed by atoms with Crippen LogP contribution < -0.4 is 5.32 Å². The second-order valence-electron chi connectivity index (χ2n) is 9.33. The fourth-order valence-corrected chi connectivity index (χ4v) is 4.38. The summed E-state index contributed by atoms with van der Waals surface area (Å²) in [5.74, 6) is -3.47. The van der Waals surface area contributed by atoms with Crippen LogP contribution in [0.1, 0.15) is 48.9 Å². The van der Waals surface area contributed by atoms with Crippen LogP contribution >= 0.6 is 0 Å². The van der Waals surface area contributed by atoms with Crippen LogP contribution in [0.2, 0.25) is 0 Å². The van der Waals surface area contributed by atoms with Crippen molar-refractivity contribution in [3.8, 4) is 5.75 Å². The summed E-state index contributed by atoms with van der Waals surface area (Å²) >= 11 is 0. The van der Waals surface area contributed by atoms with Crippen LogP contribution in [0.5, 0.6) is 5.75 Å². The van der Waals surface area contributed by atoms with Crippen molar-refractivity contribution >= 4 is 5.91 Å². The van der Waals surface area contributed by atoms with E-state index in [9.17, 15) is 18.7 Å². The van der Waals surface area contributed by atoms with Crippen molar-refractivity contribution in [3.05, 3.63) is 59.4 Å². The number of alkyl halides is 2. The number of likely N-dealkylation sites (N-methyl/N-ethyl adjacent to an activating group) is 1. The van der Waals surface area contributed by atoms with Gasteiger partial charge in [0.1, 0.15) is 5.75 Å². The predicted octanol–water partition coefficient (Wildman–Crippen LogP) is 4.29. The van der Waals surface area contributed by atoms with Crippen LogP contribution in [-0.4, -0.2) is 53.5 Å². The lowest BCUT2D eigenvalue weighted by atomic mass is 9.77. The Morgan fingerprint density at radius 1 is 1.22 bits per heavy atom. The number of nitrogens with zero attached hydrogens (tertiary/aromatic N) is 2. The van der Waals surface area contributed by atoms with Gasteiger partial charge >= 0.3 is 0 Å². The van der Waals surface area contributed by atoms with Crippen LogP contribution in [-0.2, 0) is 11.2 Å². The van der Waals surface area contributed by atoms with Crippen LogP contribution in [0, 0.1) is 12.3 Å². The minimum absolute atomic E-state index is 0.00747. The molecule has 32 heavy (non-hydrogen) atoms. The quantitative estimate of drug-likeness (QED) is 0.573. The average Bonchev–Trinajstić information content (AvgIpc) is 3.53. The number of hydrogen-bond acceptors (Lipinski definition) is 4. The van der Waals surface area contributed by atoms with E-state index < -0.39 is 17.3 Å². The molecule has 1 aliphatic carbocycles. The second kappa shape index (κ2) is 9.53. The van der Waals surface area contributed by atoms with Gasteiger partial charge in [0.2, 0.25) is 5.91 Å². The Balaban J connectivity index is 1.69. The third-order valence-corrected chi connectivity index (χ3v) is 6.73. The fraction of sp³-hybridized carbons (Fsp3) is 0.520. The van der Waals surface area contributed by atoms with E-state index in [4.69, 9.17) is 0 Å². The normalized spacial score (nSPS) is 17.1. The molecular formula is C25H33F2N3O2. The molecule has 2 N–H and O–H groups in total. The van der Waals surface area contributed by atoms with Gasteiger partial charge in [-0.1, -0.05) is 18.2 Å². The SMILES string of the molecule is Cc1ccc([C@@H](CC(=O)NC[C@H](Cc2ccc(O)cc2)N(C)C)C2(C(C)(F)F)CC2)cn1. The third kappa shape index (κ3) is 5.63. The lowest BCUT2D eigenvalue weighted by Gasteiger charge is -2.32. The Labute approximate surface area is 188 Å². The first-order valence-electron chi connectivity index (χ1n) is 11.0. The Morgan fingerprint density at radius 3 is 2.38 bits per heavy atom. The number of phenolic OH excluding ortho intramolecular Hbond substituents is 1. The number of amides is 1. The molecule has 174 valence electrons. The maximum atomic E-state index is 14.5. The van der Waals surface area contributed by atoms with Gasteiger partial charge in [-0.2, -0.15) is 0 Å². The van der Waals surface area contributed by atoms with Gasteiger partial charge in [0.15, 0.2) is 0 Å². The number of pyridine rings is 1.